The normalized spacial score (nSPS) is 21.9. The monoisotopic (exact) mass is 213 g/mol. The van der Waals surface area contributed by atoms with Crippen molar-refractivity contribution in [1.29, 1.82) is 0 Å². The van der Waals surface area contributed by atoms with Crippen molar-refractivity contribution in [3.05, 3.63) is 0 Å². The number of amides is 2. The Morgan fingerprint density at radius 3 is 2.60 bits per heavy atom. The van der Waals surface area contributed by atoms with Gasteiger partial charge in [0.05, 0.1) is 12.5 Å². The molecule has 86 valence electrons. The number of rotatable bonds is 5. The van der Waals surface area contributed by atoms with Crippen LogP contribution >= 0.6 is 0 Å². The Kier molecular flexibility index (Phi) is 4.23. The van der Waals surface area contributed by atoms with Crippen molar-refractivity contribution in [2.24, 2.45) is 0 Å². The molecule has 1 fully saturated rings. The zero-order chi connectivity index (χ0) is 11.4. The number of nitrogens with one attached hydrogen (secondary N) is 1. The average Bonchev–Trinajstić information content (AvgIpc) is 2.41. The summed E-state index contributed by atoms with van der Waals surface area (Å²) in [5, 5.41) is 3.11. The predicted molar refractivity (Wildman–Crippen MR) is 57.4 cm³/mol. The van der Waals surface area contributed by atoms with Crippen LogP contribution in [0.1, 0.15) is 12.8 Å². The zero-order valence-electron chi connectivity index (χ0n) is 9.62. The number of imide groups is 1. The number of likely N-dealkylation sites (N-methyl/N-ethyl adjacent to an activating group) is 1. The zero-order valence-corrected chi connectivity index (χ0v) is 9.62. The number of likely N-dealkylation sites (tertiary alicyclic amines) is 1. The first kappa shape index (κ1) is 12.1. The second kappa shape index (κ2) is 5.23. The Morgan fingerprint density at radius 1 is 1.47 bits per heavy atom. The Labute approximate surface area is 90.4 Å². The molecule has 1 aliphatic rings. The maximum Gasteiger partial charge on any atom is 0.246 e. The minimum Gasteiger partial charge on any atom is -0.309 e. The van der Waals surface area contributed by atoms with E-state index in [0.717, 1.165) is 19.5 Å². The quantitative estimate of drug-likeness (QED) is 0.484. The topological polar surface area (TPSA) is 52.7 Å². The highest BCUT2D eigenvalue weighted by atomic mass is 16.2. The summed E-state index contributed by atoms with van der Waals surface area (Å²) in [7, 11) is 5.56. The smallest absolute Gasteiger partial charge is 0.246 e. The summed E-state index contributed by atoms with van der Waals surface area (Å²) in [6.07, 6.45) is 1.28. The van der Waals surface area contributed by atoms with Crippen molar-refractivity contribution in [1.82, 2.24) is 15.1 Å². The molecule has 1 atom stereocenters. The van der Waals surface area contributed by atoms with Crippen LogP contribution in [-0.4, -0.2) is 61.9 Å². The Hall–Kier alpha value is -0.940. The highest BCUT2D eigenvalue weighted by Gasteiger charge is 2.35. The summed E-state index contributed by atoms with van der Waals surface area (Å²) in [5.41, 5.74) is 0. The van der Waals surface area contributed by atoms with E-state index in [1.54, 1.807) is 0 Å². The van der Waals surface area contributed by atoms with Crippen LogP contribution < -0.4 is 5.32 Å². The van der Waals surface area contributed by atoms with Crippen LogP contribution in [0.4, 0.5) is 0 Å². The highest BCUT2D eigenvalue weighted by Crippen LogP contribution is 2.10. The molecule has 1 aliphatic heterocycles. The largest absolute Gasteiger partial charge is 0.309 e. The Bertz CT molecular complexity index is 253. The Morgan fingerprint density at radius 2 is 2.13 bits per heavy atom. The maximum atomic E-state index is 11.5. The van der Waals surface area contributed by atoms with Gasteiger partial charge in [-0.25, -0.2) is 0 Å². The number of hydrogen-bond acceptors (Lipinski definition) is 4. The van der Waals surface area contributed by atoms with E-state index in [2.05, 4.69) is 10.2 Å². The van der Waals surface area contributed by atoms with Crippen molar-refractivity contribution in [3.8, 4) is 0 Å². The number of carbonyl (C=O) groups is 2. The minimum atomic E-state index is -0.301. The summed E-state index contributed by atoms with van der Waals surface area (Å²) in [6.45, 7) is 1.76. The first-order valence-electron chi connectivity index (χ1n) is 5.21. The first-order chi connectivity index (χ1) is 7.02. The molecule has 0 aromatic carbocycles. The third-order valence-electron chi connectivity index (χ3n) is 2.55. The van der Waals surface area contributed by atoms with Crippen LogP contribution in [0, 0.1) is 0 Å². The highest BCUT2D eigenvalue weighted by molar-refractivity contribution is 6.05. The summed E-state index contributed by atoms with van der Waals surface area (Å²) in [5.74, 6) is -0.199. The molecule has 0 radical (unpaired) electrons. The molecule has 1 heterocycles. The summed E-state index contributed by atoms with van der Waals surface area (Å²) in [4.78, 5) is 26.0. The third-order valence-corrected chi connectivity index (χ3v) is 2.55. The molecule has 1 unspecified atom stereocenters. The van der Waals surface area contributed by atoms with Gasteiger partial charge in [-0.15, -0.1) is 0 Å². The molecule has 2 amide bonds. The van der Waals surface area contributed by atoms with Crippen LogP contribution in [-0.2, 0) is 9.59 Å². The lowest BCUT2D eigenvalue weighted by Crippen LogP contribution is -2.38. The maximum absolute atomic E-state index is 11.5. The third kappa shape index (κ3) is 3.28. The van der Waals surface area contributed by atoms with E-state index in [0.29, 0.717) is 6.42 Å². The van der Waals surface area contributed by atoms with Crippen molar-refractivity contribution >= 4 is 11.8 Å². The van der Waals surface area contributed by atoms with E-state index >= 15 is 0 Å². The van der Waals surface area contributed by atoms with Crippen LogP contribution in [0.2, 0.25) is 0 Å². The lowest BCUT2D eigenvalue weighted by Gasteiger charge is -2.12. The second-order valence-corrected chi connectivity index (χ2v) is 4.16. The summed E-state index contributed by atoms with van der Waals surface area (Å²) < 4.78 is 0. The molecule has 0 aromatic rings. The van der Waals surface area contributed by atoms with Gasteiger partial charge in [0, 0.05) is 7.05 Å². The van der Waals surface area contributed by atoms with E-state index in [4.69, 9.17) is 0 Å². The fourth-order valence-corrected chi connectivity index (χ4v) is 1.59. The van der Waals surface area contributed by atoms with Gasteiger partial charge in [-0.1, -0.05) is 0 Å². The molecule has 15 heavy (non-hydrogen) atoms. The molecule has 1 N–H and O–H groups in total. The summed E-state index contributed by atoms with van der Waals surface area (Å²) >= 11 is 0. The Balaban J connectivity index is 2.23. The first-order valence-corrected chi connectivity index (χ1v) is 5.21. The summed E-state index contributed by atoms with van der Waals surface area (Å²) in [6, 6.07) is -0.301. The van der Waals surface area contributed by atoms with Gasteiger partial charge in [-0.2, -0.15) is 0 Å². The van der Waals surface area contributed by atoms with Crippen molar-refractivity contribution in [3.63, 3.8) is 0 Å². The number of carbonyl (C=O) groups excluding carboxylic acids is 2. The van der Waals surface area contributed by atoms with E-state index in [-0.39, 0.29) is 17.9 Å². The fourth-order valence-electron chi connectivity index (χ4n) is 1.59. The molecular formula is C10H19N3O2. The van der Waals surface area contributed by atoms with Gasteiger partial charge in [-0.05, 0) is 33.6 Å². The number of hydrogen-bond donors (Lipinski definition) is 1. The van der Waals surface area contributed by atoms with E-state index in [1.807, 2.05) is 14.1 Å². The molecule has 5 heteroatoms. The lowest BCUT2D eigenvalue weighted by molar-refractivity contribution is -0.137. The molecule has 0 aliphatic carbocycles. The van der Waals surface area contributed by atoms with Crippen molar-refractivity contribution in [2.45, 2.75) is 18.9 Å². The van der Waals surface area contributed by atoms with Gasteiger partial charge in [0.15, 0.2) is 0 Å². The second-order valence-electron chi connectivity index (χ2n) is 4.16. The van der Waals surface area contributed by atoms with Gasteiger partial charge < -0.3 is 10.2 Å². The molecule has 0 aromatic heterocycles. The van der Waals surface area contributed by atoms with Crippen molar-refractivity contribution < 1.29 is 9.59 Å². The molecule has 5 nitrogen and oxygen atoms in total. The minimum absolute atomic E-state index is 0.0925. The van der Waals surface area contributed by atoms with Gasteiger partial charge in [0.1, 0.15) is 0 Å². The molecule has 0 saturated carbocycles. The SMILES string of the molecule is CN(C)CCCNC1CC(=O)N(C)C1=O. The number of nitrogens with zero attached hydrogens (tertiary/aromatic N) is 2. The predicted octanol–water partition coefficient (Wildman–Crippen LogP) is -0.715. The fraction of sp³-hybridized carbons (Fsp3) is 0.800. The lowest BCUT2D eigenvalue weighted by atomic mass is 10.2. The molecular weight excluding hydrogens is 194 g/mol. The van der Waals surface area contributed by atoms with E-state index < -0.39 is 0 Å². The van der Waals surface area contributed by atoms with Crippen LogP contribution in [0.15, 0.2) is 0 Å². The standard InChI is InChI=1S/C10H19N3O2/c1-12(2)6-4-5-11-8-7-9(14)13(3)10(8)15/h8,11H,4-7H2,1-3H3. The van der Waals surface area contributed by atoms with Gasteiger partial charge >= 0.3 is 0 Å². The average molecular weight is 213 g/mol. The molecule has 0 spiro atoms. The molecule has 1 rings (SSSR count). The van der Waals surface area contributed by atoms with Crippen molar-refractivity contribution in [2.75, 3.05) is 34.2 Å². The van der Waals surface area contributed by atoms with Gasteiger partial charge in [0.25, 0.3) is 0 Å². The van der Waals surface area contributed by atoms with Crippen LogP contribution in [0.25, 0.3) is 0 Å². The molecule has 1 saturated heterocycles. The van der Waals surface area contributed by atoms with Crippen LogP contribution in [0.3, 0.4) is 0 Å². The molecule has 0 bridgehead atoms. The van der Waals surface area contributed by atoms with Crippen LogP contribution in [0.5, 0.6) is 0 Å². The van der Waals surface area contributed by atoms with E-state index in [9.17, 15) is 9.59 Å². The van der Waals surface area contributed by atoms with Gasteiger partial charge in [-0.3, -0.25) is 14.5 Å². The van der Waals surface area contributed by atoms with Gasteiger partial charge in [0.2, 0.25) is 11.8 Å². The van der Waals surface area contributed by atoms with E-state index in [1.165, 1.54) is 11.9 Å².